The number of aromatic nitrogens is 2. The van der Waals surface area contributed by atoms with Crippen LogP contribution in [0.25, 0.3) is 11.3 Å². The zero-order valence-corrected chi connectivity index (χ0v) is 12.8. The van der Waals surface area contributed by atoms with Crippen LogP contribution in [0.1, 0.15) is 6.42 Å². The monoisotopic (exact) mass is 325 g/mol. The maximum Gasteiger partial charge on any atom is 0.266 e. The first kappa shape index (κ1) is 16.3. The summed E-state index contributed by atoms with van der Waals surface area (Å²) in [4.78, 5) is 11.7. The number of hydrogen-bond donors (Lipinski definition) is 1. The lowest BCUT2D eigenvalue weighted by Gasteiger charge is -2.07. The summed E-state index contributed by atoms with van der Waals surface area (Å²) in [5.41, 5.74) is 0.977. The van der Waals surface area contributed by atoms with E-state index >= 15 is 0 Å². The molecule has 0 atom stereocenters. The number of aryl methyl sites for hydroxylation is 1. The molecule has 0 bridgehead atoms. The van der Waals surface area contributed by atoms with Crippen molar-refractivity contribution >= 4 is 10.0 Å². The molecule has 0 fully saturated rings. The molecule has 118 valence electrons. The number of nitrogens with one attached hydrogen (secondary N) is 1. The Hall–Kier alpha value is -2.06. The second-order valence-corrected chi connectivity index (χ2v) is 6.64. The van der Waals surface area contributed by atoms with Crippen molar-refractivity contribution in [3.8, 4) is 11.3 Å². The second kappa shape index (κ2) is 6.80. The number of sulfonamides is 1. The van der Waals surface area contributed by atoms with Crippen LogP contribution < -0.4 is 10.3 Å². The lowest BCUT2D eigenvalue weighted by Crippen LogP contribution is -2.27. The van der Waals surface area contributed by atoms with Crippen molar-refractivity contribution in [1.29, 1.82) is 0 Å². The zero-order chi connectivity index (χ0) is 16.2. The topological polar surface area (TPSA) is 81.1 Å². The van der Waals surface area contributed by atoms with Gasteiger partial charge in [0.1, 0.15) is 5.82 Å². The molecule has 22 heavy (non-hydrogen) atoms. The summed E-state index contributed by atoms with van der Waals surface area (Å²) in [6.45, 7) is 0.518. The first-order chi connectivity index (χ1) is 10.3. The summed E-state index contributed by atoms with van der Waals surface area (Å²) in [5.74, 6) is -0.344. The molecular weight excluding hydrogens is 309 g/mol. The maximum absolute atomic E-state index is 12.9. The van der Waals surface area contributed by atoms with Gasteiger partial charge in [-0.05, 0) is 36.8 Å². The van der Waals surface area contributed by atoms with E-state index in [1.165, 1.54) is 22.9 Å². The fourth-order valence-electron chi connectivity index (χ4n) is 1.87. The largest absolute Gasteiger partial charge is 0.268 e. The molecule has 1 heterocycles. The summed E-state index contributed by atoms with van der Waals surface area (Å²) < 4.78 is 38.4. The number of rotatable bonds is 6. The molecule has 0 saturated heterocycles. The van der Waals surface area contributed by atoms with Gasteiger partial charge in [-0.2, -0.15) is 5.10 Å². The van der Waals surface area contributed by atoms with E-state index in [-0.39, 0.29) is 24.5 Å². The van der Waals surface area contributed by atoms with E-state index in [0.29, 0.717) is 17.7 Å². The molecule has 0 aliphatic heterocycles. The van der Waals surface area contributed by atoms with Crippen LogP contribution in [0.15, 0.2) is 41.2 Å². The van der Waals surface area contributed by atoms with Gasteiger partial charge in [-0.1, -0.05) is 0 Å². The van der Waals surface area contributed by atoms with Gasteiger partial charge in [0, 0.05) is 24.7 Å². The normalized spacial score (nSPS) is 11.5. The van der Waals surface area contributed by atoms with Crippen molar-refractivity contribution in [3.63, 3.8) is 0 Å². The van der Waals surface area contributed by atoms with Crippen LogP contribution in [0.2, 0.25) is 0 Å². The van der Waals surface area contributed by atoms with E-state index in [2.05, 4.69) is 9.82 Å². The molecule has 0 spiro atoms. The third-order valence-corrected chi connectivity index (χ3v) is 3.65. The summed E-state index contributed by atoms with van der Waals surface area (Å²) >= 11 is 0. The minimum Gasteiger partial charge on any atom is -0.268 e. The Kier molecular flexibility index (Phi) is 5.04. The molecule has 2 rings (SSSR count). The fourth-order valence-corrected chi connectivity index (χ4v) is 2.39. The molecule has 0 aliphatic rings. The van der Waals surface area contributed by atoms with Crippen LogP contribution in [0.3, 0.4) is 0 Å². The fraction of sp³-hybridized carbons (Fsp3) is 0.286. The van der Waals surface area contributed by atoms with E-state index in [0.717, 1.165) is 6.26 Å². The van der Waals surface area contributed by atoms with E-state index < -0.39 is 10.0 Å². The van der Waals surface area contributed by atoms with Crippen molar-refractivity contribution in [2.45, 2.75) is 13.0 Å². The molecule has 8 heteroatoms. The minimum absolute atomic E-state index is 0.230. The Morgan fingerprint density at radius 3 is 2.50 bits per heavy atom. The van der Waals surface area contributed by atoms with Crippen LogP contribution in [-0.2, 0) is 16.6 Å². The predicted octanol–water partition coefficient (Wildman–Crippen LogP) is 0.989. The first-order valence-electron chi connectivity index (χ1n) is 6.64. The Morgan fingerprint density at radius 2 is 1.86 bits per heavy atom. The maximum atomic E-state index is 12.9. The third-order valence-electron chi connectivity index (χ3n) is 2.92. The first-order valence-corrected chi connectivity index (χ1v) is 8.53. The molecule has 1 aromatic carbocycles. The van der Waals surface area contributed by atoms with E-state index in [9.17, 15) is 17.6 Å². The second-order valence-electron chi connectivity index (χ2n) is 4.81. The summed E-state index contributed by atoms with van der Waals surface area (Å²) in [6.07, 6.45) is 1.51. The highest BCUT2D eigenvalue weighted by atomic mass is 32.2. The number of hydrogen-bond acceptors (Lipinski definition) is 4. The Balaban J connectivity index is 2.10. The Bertz CT molecular complexity index is 801. The molecule has 2 aromatic rings. The molecule has 6 nitrogen and oxygen atoms in total. The smallest absolute Gasteiger partial charge is 0.266 e. The molecule has 0 unspecified atom stereocenters. The summed E-state index contributed by atoms with van der Waals surface area (Å²) in [6, 6.07) is 8.76. The lowest BCUT2D eigenvalue weighted by atomic mass is 10.1. The van der Waals surface area contributed by atoms with E-state index in [1.807, 2.05) is 0 Å². The minimum atomic E-state index is -3.24. The quantitative estimate of drug-likeness (QED) is 0.803. The van der Waals surface area contributed by atoms with Gasteiger partial charge in [0.05, 0.1) is 11.9 Å². The summed E-state index contributed by atoms with van der Waals surface area (Å²) in [5, 5.41) is 4.21. The van der Waals surface area contributed by atoms with Gasteiger partial charge in [0.15, 0.2) is 0 Å². The zero-order valence-electron chi connectivity index (χ0n) is 12.0. The SMILES string of the molecule is CS(=O)(=O)NCCCn1nc(-c2ccc(F)cc2)ccc1=O. The highest BCUT2D eigenvalue weighted by Gasteiger charge is 2.05. The molecule has 1 N–H and O–H groups in total. The number of halogens is 1. The lowest BCUT2D eigenvalue weighted by molar-refractivity contribution is 0.538. The van der Waals surface area contributed by atoms with Gasteiger partial charge in [-0.15, -0.1) is 0 Å². The van der Waals surface area contributed by atoms with Gasteiger partial charge in [-0.25, -0.2) is 22.2 Å². The van der Waals surface area contributed by atoms with Gasteiger partial charge in [-0.3, -0.25) is 4.79 Å². The molecular formula is C14H16FN3O3S. The van der Waals surface area contributed by atoms with Gasteiger partial charge in [0.25, 0.3) is 5.56 Å². The van der Waals surface area contributed by atoms with E-state index in [4.69, 9.17) is 0 Å². The predicted molar refractivity (Wildman–Crippen MR) is 81.4 cm³/mol. The molecule has 0 saturated carbocycles. The summed E-state index contributed by atoms with van der Waals surface area (Å²) in [7, 11) is -3.24. The van der Waals surface area contributed by atoms with Crippen LogP contribution in [-0.4, -0.2) is 31.0 Å². The van der Waals surface area contributed by atoms with E-state index in [1.54, 1.807) is 18.2 Å². The standard InChI is InChI=1S/C14H16FN3O3S/c1-22(20,21)16-9-2-10-18-14(19)8-7-13(17-18)11-3-5-12(15)6-4-11/h3-8,16H,2,9-10H2,1H3. The van der Waals surface area contributed by atoms with Crippen molar-refractivity contribution < 1.29 is 12.8 Å². The van der Waals surface area contributed by atoms with Crippen molar-refractivity contribution in [3.05, 3.63) is 52.6 Å². The van der Waals surface area contributed by atoms with Crippen molar-refractivity contribution in [1.82, 2.24) is 14.5 Å². The average Bonchev–Trinajstić information content (AvgIpc) is 2.45. The van der Waals surface area contributed by atoms with Gasteiger partial charge >= 0.3 is 0 Å². The van der Waals surface area contributed by atoms with Crippen LogP contribution >= 0.6 is 0 Å². The molecule has 0 amide bonds. The van der Waals surface area contributed by atoms with Crippen LogP contribution in [0, 0.1) is 5.82 Å². The molecule has 1 aromatic heterocycles. The average molecular weight is 325 g/mol. The number of nitrogens with zero attached hydrogens (tertiary/aromatic N) is 2. The molecule has 0 aliphatic carbocycles. The highest BCUT2D eigenvalue weighted by Crippen LogP contribution is 2.15. The number of benzene rings is 1. The van der Waals surface area contributed by atoms with Crippen LogP contribution in [0.4, 0.5) is 4.39 Å². The van der Waals surface area contributed by atoms with Gasteiger partial charge in [0.2, 0.25) is 10.0 Å². The Morgan fingerprint density at radius 1 is 1.18 bits per heavy atom. The third kappa shape index (κ3) is 4.74. The Labute approximate surface area is 127 Å². The molecule has 0 radical (unpaired) electrons. The van der Waals surface area contributed by atoms with Crippen molar-refractivity contribution in [2.24, 2.45) is 0 Å². The van der Waals surface area contributed by atoms with Gasteiger partial charge < -0.3 is 0 Å². The highest BCUT2D eigenvalue weighted by molar-refractivity contribution is 7.88. The van der Waals surface area contributed by atoms with Crippen molar-refractivity contribution in [2.75, 3.05) is 12.8 Å². The van der Waals surface area contributed by atoms with Crippen LogP contribution in [0.5, 0.6) is 0 Å².